The number of rotatable bonds is 12. The molecule has 0 unspecified atom stereocenters. The van der Waals surface area contributed by atoms with E-state index in [1.54, 1.807) is 4.90 Å². The molecular formula is C30H31ClN4O5. The first-order valence-corrected chi connectivity index (χ1v) is 13.2. The maximum absolute atomic E-state index is 13.7. The standard InChI is InChI=1S/C30H31ClN4O5/c1-21-7-9-22(10-8-21)19-33(14-13-23-18-32-28-6-4-3-5-25(23)28)29(36)20-34(15-16-40-2)30(37)26-12-11-24(35(38)39)17-27(26)31/h3-12,17-18,32H,13-16,19-20H2,1-2H3. The summed E-state index contributed by atoms with van der Waals surface area (Å²) in [6.07, 6.45) is 2.59. The van der Waals surface area contributed by atoms with Gasteiger partial charge in [-0.05, 0) is 36.6 Å². The van der Waals surface area contributed by atoms with E-state index in [9.17, 15) is 19.7 Å². The fourth-order valence-electron chi connectivity index (χ4n) is 4.48. The summed E-state index contributed by atoms with van der Waals surface area (Å²) in [7, 11) is 1.51. The zero-order valence-electron chi connectivity index (χ0n) is 22.4. The third kappa shape index (κ3) is 7.05. The minimum atomic E-state index is -0.580. The van der Waals surface area contributed by atoms with Crippen LogP contribution in [0.2, 0.25) is 5.02 Å². The molecule has 0 saturated heterocycles. The van der Waals surface area contributed by atoms with E-state index >= 15 is 0 Å². The van der Waals surface area contributed by atoms with Crippen molar-refractivity contribution in [3.8, 4) is 0 Å². The molecule has 208 valence electrons. The maximum Gasteiger partial charge on any atom is 0.270 e. The van der Waals surface area contributed by atoms with Gasteiger partial charge in [-0.2, -0.15) is 0 Å². The third-order valence-corrected chi connectivity index (χ3v) is 7.06. The zero-order chi connectivity index (χ0) is 28.6. The van der Waals surface area contributed by atoms with Gasteiger partial charge in [-0.3, -0.25) is 19.7 Å². The number of methoxy groups -OCH3 is 1. The number of para-hydroxylation sites is 1. The Kier molecular flexibility index (Phi) is 9.52. The largest absolute Gasteiger partial charge is 0.383 e. The van der Waals surface area contributed by atoms with E-state index in [1.165, 1.54) is 24.1 Å². The van der Waals surface area contributed by atoms with E-state index in [1.807, 2.05) is 61.7 Å². The number of nitrogens with one attached hydrogen (secondary N) is 1. The number of carbonyl (C=O) groups excluding carboxylic acids is 2. The van der Waals surface area contributed by atoms with Crippen LogP contribution >= 0.6 is 11.6 Å². The second kappa shape index (κ2) is 13.2. The molecule has 2 amide bonds. The molecular weight excluding hydrogens is 532 g/mol. The number of aryl methyl sites for hydroxylation is 1. The fourth-order valence-corrected chi connectivity index (χ4v) is 4.73. The van der Waals surface area contributed by atoms with Gasteiger partial charge >= 0.3 is 0 Å². The molecule has 4 rings (SSSR count). The molecule has 0 saturated carbocycles. The van der Waals surface area contributed by atoms with E-state index in [2.05, 4.69) is 4.98 Å². The van der Waals surface area contributed by atoms with Crippen LogP contribution in [0.25, 0.3) is 10.9 Å². The molecule has 0 bridgehead atoms. The van der Waals surface area contributed by atoms with Crippen molar-refractivity contribution in [1.82, 2.24) is 14.8 Å². The molecule has 0 atom stereocenters. The zero-order valence-corrected chi connectivity index (χ0v) is 23.2. The Hall–Kier alpha value is -4.21. The number of nitro groups is 1. The quantitative estimate of drug-likeness (QED) is 0.184. The highest BCUT2D eigenvalue weighted by Gasteiger charge is 2.25. The lowest BCUT2D eigenvalue weighted by molar-refractivity contribution is -0.384. The van der Waals surface area contributed by atoms with Gasteiger partial charge in [0, 0.05) is 56.0 Å². The van der Waals surface area contributed by atoms with Crippen molar-refractivity contribution < 1.29 is 19.2 Å². The van der Waals surface area contributed by atoms with Crippen LogP contribution < -0.4 is 0 Å². The molecule has 0 fully saturated rings. The van der Waals surface area contributed by atoms with Gasteiger partial charge in [0.2, 0.25) is 5.91 Å². The van der Waals surface area contributed by atoms with Gasteiger partial charge in [0.25, 0.3) is 11.6 Å². The van der Waals surface area contributed by atoms with Crippen LogP contribution in [0.15, 0.2) is 72.9 Å². The average molecular weight is 563 g/mol. The van der Waals surface area contributed by atoms with Crippen molar-refractivity contribution >= 4 is 40.0 Å². The third-order valence-electron chi connectivity index (χ3n) is 6.75. The number of aromatic amines is 1. The molecule has 0 aliphatic carbocycles. The highest BCUT2D eigenvalue weighted by Crippen LogP contribution is 2.24. The van der Waals surface area contributed by atoms with E-state index in [4.69, 9.17) is 16.3 Å². The Morgan fingerprint density at radius 2 is 1.77 bits per heavy atom. The Morgan fingerprint density at radius 1 is 1.02 bits per heavy atom. The first-order valence-electron chi connectivity index (χ1n) is 12.9. The summed E-state index contributed by atoms with van der Waals surface area (Å²) in [4.78, 5) is 44.1. The van der Waals surface area contributed by atoms with Gasteiger partial charge in [0.15, 0.2) is 0 Å². The van der Waals surface area contributed by atoms with Crippen molar-refractivity contribution in [2.24, 2.45) is 0 Å². The Bertz CT molecular complexity index is 1500. The van der Waals surface area contributed by atoms with Crippen molar-refractivity contribution in [1.29, 1.82) is 0 Å². The molecule has 40 heavy (non-hydrogen) atoms. The van der Waals surface area contributed by atoms with Crippen LogP contribution in [0, 0.1) is 17.0 Å². The Morgan fingerprint density at radius 3 is 2.48 bits per heavy atom. The molecule has 0 radical (unpaired) electrons. The molecule has 0 aliphatic heterocycles. The Balaban J connectivity index is 1.56. The summed E-state index contributed by atoms with van der Waals surface area (Å²) in [6.45, 7) is 2.99. The molecule has 0 aliphatic rings. The highest BCUT2D eigenvalue weighted by atomic mass is 35.5. The van der Waals surface area contributed by atoms with Gasteiger partial charge in [-0.1, -0.05) is 59.6 Å². The molecule has 1 N–H and O–H groups in total. The molecule has 4 aromatic rings. The highest BCUT2D eigenvalue weighted by molar-refractivity contribution is 6.34. The maximum atomic E-state index is 13.7. The average Bonchev–Trinajstić information content (AvgIpc) is 3.36. The van der Waals surface area contributed by atoms with E-state index in [0.717, 1.165) is 33.7 Å². The number of hydrogen-bond donors (Lipinski definition) is 1. The second-order valence-corrected chi connectivity index (χ2v) is 9.96. The van der Waals surface area contributed by atoms with Gasteiger partial charge in [0.05, 0.1) is 22.1 Å². The number of halogens is 1. The normalized spacial score (nSPS) is 11.0. The van der Waals surface area contributed by atoms with Crippen LogP contribution in [-0.2, 0) is 22.5 Å². The van der Waals surface area contributed by atoms with Crippen LogP contribution in [0.4, 0.5) is 5.69 Å². The van der Waals surface area contributed by atoms with E-state index in [0.29, 0.717) is 19.5 Å². The smallest absolute Gasteiger partial charge is 0.270 e. The molecule has 3 aromatic carbocycles. The summed E-state index contributed by atoms with van der Waals surface area (Å²) in [5.74, 6) is -0.736. The van der Waals surface area contributed by atoms with Crippen LogP contribution in [-0.4, -0.2) is 64.9 Å². The SMILES string of the molecule is COCCN(CC(=O)N(CCc1c[nH]c2ccccc12)Cc1ccc(C)cc1)C(=O)c1ccc([N+](=O)[O-])cc1Cl. The fraction of sp³-hybridized carbons (Fsp3) is 0.267. The molecule has 1 aromatic heterocycles. The van der Waals surface area contributed by atoms with Crippen LogP contribution in [0.3, 0.4) is 0 Å². The lowest BCUT2D eigenvalue weighted by Gasteiger charge is -2.28. The van der Waals surface area contributed by atoms with Gasteiger partial charge < -0.3 is 19.5 Å². The van der Waals surface area contributed by atoms with E-state index in [-0.39, 0.29) is 41.9 Å². The molecule has 9 nitrogen and oxygen atoms in total. The van der Waals surface area contributed by atoms with Crippen molar-refractivity contribution in [2.75, 3.05) is 33.4 Å². The molecule has 1 heterocycles. The number of benzene rings is 3. The first kappa shape index (κ1) is 28.8. The number of fused-ring (bicyclic) bond motifs is 1. The summed E-state index contributed by atoms with van der Waals surface area (Å²) in [5, 5.41) is 12.2. The predicted octanol–water partition coefficient (Wildman–Crippen LogP) is 5.40. The van der Waals surface area contributed by atoms with Gasteiger partial charge in [-0.25, -0.2) is 0 Å². The number of carbonyl (C=O) groups is 2. The Labute approximate surface area is 237 Å². The monoisotopic (exact) mass is 562 g/mol. The second-order valence-electron chi connectivity index (χ2n) is 9.55. The topological polar surface area (TPSA) is 109 Å². The van der Waals surface area contributed by atoms with Crippen molar-refractivity contribution in [3.63, 3.8) is 0 Å². The van der Waals surface area contributed by atoms with Crippen LogP contribution in [0.5, 0.6) is 0 Å². The minimum Gasteiger partial charge on any atom is -0.383 e. The number of hydrogen-bond acceptors (Lipinski definition) is 5. The van der Waals surface area contributed by atoms with Crippen molar-refractivity contribution in [2.45, 2.75) is 19.9 Å². The number of aromatic nitrogens is 1. The summed E-state index contributed by atoms with van der Waals surface area (Å²) in [5.41, 5.74) is 4.10. The molecule has 0 spiro atoms. The lowest BCUT2D eigenvalue weighted by Crippen LogP contribution is -2.44. The molecule has 10 heteroatoms. The number of non-ortho nitro benzene ring substituents is 1. The number of amides is 2. The predicted molar refractivity (Wildman–Crippen MR) is 154 cm³/mol. The first-order chi connectivity index (χ1) is 19.3. The number of H-pyrrole nitrogens is 1. The van der Waals surface area contributed by atoms with Crippen molar-refractivity contribution in [3.05, 3.63) is 110 Å². The number of nitrogens with zero attached hydrogens (tertiary/aromatic N) is 3. The number of nitro benzene ring substituents is 1. The van der Waals surface area contributed by atoms with E-state index < -0.39 is 10.8 Å². The summed E-state index contributed by atoms with van der Waals surface area (Å²) in [6, 6.07) is 19.7. The van der Waals surface area contributed by atoms with Crippen LogP contribution in [0.1, 0.15) is 27.0 Å². The minimum absolute atomic E-state index is 0.0510. The lowest BCUT2D eigenvalue weighted by atomic mass is 10.1. The van der Waals surface area contributed by atoms with Gasteiger partial charge in [-0.15, -0.1) is 0 Å². The summed E-state index contributed by atoms with van der Waals surface area (Å²) >= 11 is 6.24. The number of ether oxygens (including phenoxy) is 1. The summed E-state index contributed by atoms with van der Waals surface area (Å²) < 4.78 is 5.18. The van der Waals surface area contributed by atoms with Gasteiger partial charge in [0.1, 0.15) is 6.54 Å².